The summed E-state index contributed by atoms with van der Waals surface area (Å²) in [4.78, 5) is 19.4. The molecular weight excluding hydrogens is 292 g/mol. The molecule has 2 heterocycles. The first kappa shape index (κ1) is 18.5. The fourth-order valence-corrected chi connectivity index (χ4v) is 3.44. The normalized spacial score (nSPS) is 22.3. The van der Waals surface area contributed by atoms with E-state index in [1.165, 1.54) is 0 Å². The molecule has 6 heteroatoms. The summed E-state index contributed by atoms with van der Waals surface area (Å²) in [5.41, 5.74) is 0. The maximum Gasteiger partial charge on any atom is 0.317 e. The second-order valence-corrected chi connectivity index (χ2v) is 7.03. The zero-order valence-electron chi connectivity index (χ0n) is 15.1. The average molecular weight is 326 g/mol. The second kappa shape index (κ2) is 9.45. The Morgan fingerprint density at radius 3 is 2.52 bits per heavy atom. The fraction of sp³-hybridized carbons (Fsp3) is 0.941. The Bertz CT molecular complexity index is 357. The molecule has 0 unspecified atom stereocenters. The predicted octanol–water partition coefficient (Wildman–Crippen LogP) is 1.22. The molecule has 0 atom stereocenters. The van der Waals surface area contributed by atoms with Crippen molar-refractivity contribution >= 4 is 6.03 Å². The number of likely N-dealkylation sites (tertiary alicyclic amines) is 1. The van der Waals surface area contributed by atoms with Crippen molar-refractivity contribution in [1.82, 2.24) is 20.0 Å². The summed E-state index contributed by atoms with van der Waals surface area (Å²) in [5, 5.41) is 3.25. The van der Waals surface area contributed by atoms with E-state index in [9.17, 15) is 4.79 Å². The van der Waals surface area contributed by atoms with Gasteiger partial charge in [0.2, 0.25) is 0 Å². The molecule has 2 fully saturated rings. The Morgan fingerprint density at radius 1 is 1.13 bits per heavy atom. The van der Waals surface area contributed by atoms with Crippen molar-refractivity contribution in [3.8, 4) is 0 Å². The van der Waals surface area contributed by atoms with E-state index >= 15 is 0 Å². The van der Waals surface area contributed by atoms with E-state index in [2.05, 4.69) is 29.0 Å². The Morgan fingerprint density at radius 2 is 1.87 bits per heavy atom. The van der Waals surface area contributed by atoms with E-state index in [4.69, 9.17) is 4.74 Å². The molecule has 0 radical (unpaired) electrons. The lowest BCUT2D eigenvalue weighted by molar-refractivity contribution is 0.124. The average Bonchev–Trinajstić information content (AvgIpc) is 2.80. The van der Waals surface area contributed by atoms with Gasteiger partial charge < -0.3 is 19.9 Å². The molecule has 0 aromatic carbocycles. The number of urea groups is 1. The highest BCUT2D eigenvalue weighted by Gasteiger charge is 2.24. The zero-order valence-corrected chi connectivity index (χ0v) is 15.1. The van der Waals surface area contributed by atoms with Crippen molar-refractivity contribution in [1.29, 1.82) is 0 Å². The number of hydrogen-bond donors (Lipinski definition) is 1. The maximum absolute atomic E-state index is 12.5. The SMILES string of the molecule is COCCN1CCC(NC(=O)N2CCCN(C(C)C)CC2)CC1. The van der Waals surface area contributed by atoms with Crippen LogP contribution in [0.2, 0.25) is 0 Å². The molecule has 23 heavy (non-hydrogen) atoms. The van der Waals surface area contributed by atoms with Crippen LogP contribution in [0.5, 0.6) is 0 Å². The van der Waals surface area contributed by atoms with Gasteiger partial charge in [0.1, 0.15) is 0 Å². The van der Waals surface area contributed by atoms with Crippen molar-refractivity contribution in [2.75, 3.05) is 59.5 Å². The van der Waals surface area contributed by atoms with Crippen molar-refractivity contribution < 1.29 is 9.53 Å². The molecule has 0 saturated carbocycles. The molecule has 2 aliphatic heterocycles. The van der Waals surface area contributed by atoms with E-state index in [0.717, 1.165) is 71.7 Å². The van der Waals surface area contributed by atoms with Crippen molar-refractivity contribution in [3.05, 3.63) is 0 Å². The van der Waals surface area contributed by atoms with Gasteiger partial charge >= 0.3 is 6.03 Å². The van der Waals surface area contributed by atoms with Crippen molar-refractivity contribution in [3.63, 3.8) is 0 Å². The number of nitrogens with zero attached hydrogens (tertiary/aromatic N) is 3. The summed E-state index contributed by atoms with van der Waals surface area (Å²) in [5.74, 6) is 0. The molecule has 2 saturated heterocycles. The zero-order chi connectivity index (χ0) is 16.7. The van der Waals surface area contributed by atoms with Crippen LogP contribution >= 0.6 is 0 Å². The molecule has 0 aliphatic carbocycles. The maximum atomic E-state index is 12.5. The number of rotatable bonds is 5. The minimum Gasteiger partial charge on any atom is -0.383 e. The molecule has 0 spiro atoms. The van der Waals surface area contributed by atoms with Gasteiger partial charge in [-0.25, -0.2) is 4.79 Å². The molecule has 0 bridgehead atoms. The van der Waals surface area contributed by atoms with Gasteiger partial charge in [0.05, 0.1) is 6.61 Å². The van der Waals surface area contributed by atoms with Crippen LogP contribution in [0, 0.1) is 0 Å². The van der Waals surface area contributed by atoms with Crippen LogP contribution in [-0.2, 0) is 4.74 Å². The minimum absolute atomic E-state index is 0.131. The van der Waals surface area contributed by atoms with Crippen LogP contribution in [0.4, 0.5) is 4.79 Å². The lowest BCUT2D eigenvalue weighted by Gasteiger charge is -2.33. The smallest absolute Gasteiger partial charge is 0.317 e. The van der Waals surface area contributed by atoms with E-state index in [0.29, 0.717) is 12.1 Å². The van der Waals surface area contributed by atoms with E-state index in [1.54, 1.807) is 7.11 Å². The first-order chi connectivity index (χ1) is 11.1. The number of hydrogen-bond acceptors (Lipinski definition) is 4. The second-order valence-electron chi connectivity index (χ2n) is 7.03. The molecule has 2 aliphatic rings. The number of ether oxygens (including phenoxy) is 1. The quantitative estimate of drug-likeness (QED) is 0.825. The lowest BCUT2D eigenvalue weighted by atomic mass is 10.1. The van der Waals surface area contributed by atoms with Gasteiger partial charge in [-0.3, -0.25) is 4.90 Å². The number of nitrogens with one attached hydrogen (secondary N) is 1. The van der Waals surface area contributed by atoms with Crippen LogP contribution in [-0.4, -0.2) is 92.3 Å². The fourth-order valence-electron chi connectivity index (χ4n) is 3.44. The third-order valence-electron chi connectivity index (χ3n) is 5.07. The number of methoxy groups -OCH3 is 1. The number of amides is 2. The Kier molecular flexibility index (Phi) is 7.59. The van der Waals surface area contributed by atoms with Crippen molar-refractivity contribution in [2.24, 2.45) is 0 Å². The summed E-state index contributed by atoms with van der Waals surface area (Å²) in [6.07, 6.45) is 3.16. The van der Waals surface area contributed by atoms with Gasteiger partial charge in [-0.2, -0.15) is 0 Å². The third kappa shape index (κ3) is 5.94. The number of carbonyl (C=O) groups is 1. The molecule has 2 amide bonds. The Balaban J connectivity index is 1.70. The van der Waals surface area contributed by atoms with Crippen LogP contribution in [0.3, 0.4) is 0 Å². The van der Waals surface area contributed by atoms with Gasteiger partial charge in [0.25, 0.3) is 0 Å². The monoisotopic (exact) mass is 326 g/mol. The predicted molar refractivity (Wildman–Crippen MR) is 92.8 cm³/mol. The van der Waals surface area contributed by atoms with Crippen LogP contribution in [0.25, 0.3) is 0 Å². The molecule has 1 N–H and O–H groups in total. The highest BCUT2D eigenvalue weighted by atomic mass is 16.5. The third-order valence-corrected chi connectivity index (χ3v) is 5.07. The highest BCUT2D eigenvalue weighted by Crippen LogP contribution is 2.12. The summed E-state index contributed by atoms with van der Waals surface area (Å²) >= 11 is 0. The molecule has 0 aromatic heterocycles. The van der Waals surface area contributed by atoms with Gasteiger partial charge in [-0.05, 0) is 33.1 Å². The lowest BCUT2D eigenvalue weighted by Crippen LogP contribution is -2.50. The Labute approximate surface area is 141 Å². The number of piperidine rings is 1. The summed E-state index contributed by atoms with van der Waals surface area (Å²) in [6.45, 7) is 12.1. The van der Waals surface area contributed by atoms with Crippen LogP contribution < -0.4 is 5.32 Å². The van der Waals surface area contributed by atoms with Gasteiger partial charge in [0, 0.05) is 65.0 Å². The summed E-state index contributed by atoms with van der Waals surface area (Å²) < 4.78 is 5.13. The van der Waals surface area contributed by atoms with E-state index in [-0.39, 0.29) is 6.03 Å². The molecule has 6 nitrogen and oxygen atoms in total. The molecular formula is C17H34N4O2. The Hall–Kier alpha value is -0.850. The molecule has 2 rings (SSSR count). The largest absolute Gasteiger partial charge is 0.383 e. The van der Waals surface area contributed by atoms with Gasteiger partial charge in [-0.15, -0.1) is 0 Å². The van der Waals surface area contributed by atoms with Crippen LogP contribution in [0.1, 0.15) is 33.1 Å². The molecule has 0 aromatic rings. The van der Waals surface area contributed by atoms with Crippen LogP contribution in [0.15, 0.2) is 0 Å². The minimum atomic E-state index is 0.131. The van der Waals surface area contributed by atoms with Crippen molar-refractivity contribution in [2.45, 2.75) is 45.2 Å². The highest BCUT2D eigenvalue weighted by molar-refractivity contribution is 5.74. The van der Waals surface area contributed by atoms with E-state index in [1.807, 2.05) is 4.90 Å². The first-order valence-electron chi connectivity index (χ1n) is 9.11. The summed E-state index contributed by atoms with van der Waals surface area (Å²) in [6, 6.07) is 1.02. The standard InChI is InChI=1S/C17H34N4O2/c1-15(2)20-7-4-8-21(12-11-20)17(22)18-16-5-9-19(10-6-16)13-14-23-3/h15-16H,4-14H2,1-3H3,(H,18,22). The first-order valence-corrected chi connectivity index (χ1v) is 9.11. The van der Waals surface area contributed by atoms with Gasteiger partial charge in [0.15, 0.2) is 0 Å². The molecule has 134 valence electrons. The topological polar surface area (TPSA) is 48.1 Å². The van der Waals surface area contributed by atoms with Gasteiger partial charge in [-0.1, -0.05) is 0 Å². The summed E-state index contributed by atoms with van der Waals surface area (Å²) in [7, 11) is 1.74. The van der Waals surface area contributed by atoms with E-state index < -0.39 is 0 Å². The number of carbonyl (C=O) groups excluding carboxylic acids is 1.